The lowest BCUT2D eigenvalue weighted by Crippen LogP contribution is -2.30. The van der Waals surface area contributed by atoms with Crippen LogP contribution in [0.4, 0.5) is 10.1 Å². The number of nitriles is 1. The van der Waals surface area contributed by atoms with E-state index in [4.69, 9.17) is 27.6 Å². The van der Waals surface area contributed by atoms with Crippen LogP contribution in [0.1, 0.15) is 22.6 Å². The van der Waals surface area contributed by atoms with Gasteiger partial charge in [0.15, 0.2) is 0 Å². The summed E-state index contributed by atoms with van der Waals surface area (Å²) in [6.45, 7) is 1.69. The van der Waals surface area contributed by atoms with E-state index in [0.29, 0.717) is 21.3 Å². The molecule has 1 heterocycles. The fourth-order valence-electron chi connectivity index (χ4n) is 3.68. The number of amides is 1. The lowest BCUT2D eigenvalue weighted by atomic mass is 10.2. The van der Waals surface area contributed by atoms with Gasteiger partial charge in [-0.3, -0.25) is 4.79 Å². The maximum absolute atomic E-state index is 13.6. The van der Waals surface area contributed by atoms with E-state index in [1.165, 1.54) is 52.8 Å². The van der Waals surface area contributed by atoms with Crippen molar-refractivity contribution in [2.24, 2.45) is 0 Å². The molecule has 40 heavy (non-hydrogen) atoms. The highest BCUT2D eigenvalue weighted by molar-refractivity contribution is 7.89. The molecule has 7 nitrogen and oxygen atoms in total. The SMILES string of the molecule is Cc1ccc(S(=O)(=O)N(Cc2ccc(Cl)c(Cl)c2)Cc2ccc(/C=C(/C#N)C(=O)Nc3ccc(F)cc3)o2)cc1. The van der Waals surface area contributed by atoms with Crippen LogP contribution in [-0.2, 0) is 27.9 Å². The van der Waals surface area contributed by atoms with E-state index < -0.39 is 21.7 Å². The number of sulfonamides is 1. The molecule has 3 aromatic carbocycles. The Morgan fingerprint density at radius 3 is 2.35 bits per heavy atom. The van der Waals surface area contributed by atoms with Crippen molar-refractivity contribution in [2.45, 2.75) is 24.9 Å². The molecule has 0 unspecified atom stereocenters. The highest BCUT2D eigenvalue weighted by atomic mass is 35.5. The first kappa shape index (κ1) is 29.1. The molecule has 0 aliphatic heterocycles. The molecule has 0 aliphatic rings. The maximum Gasteiger partial charge on any atom is 0.266 e. The lowest BCUT2D eigenvalue weighted by molar-refractivity contribution is -0.112. The summed E-state index contributed by atoms with van der Waals surface area (Å²) in [7, 11) is -3.97. The number of hydrogen-bond acceptors (Lipinski definition) is 5. The van der Waals surface area contributed by atoms with E-state index >= 15 is 0 Å². The van der Waals surface area contributed by atoms with Crippen LogP contribution in [0.3, 0.4) is 0 Å². The van der Waals surface area contributed by atoms with Gasteiger partial charge in [0.05, 0.1) is 21.5 Å². The number of carbonyl (C=O) groups excluding carboxylic acids is 1. The smallest absolute Gasteiger partial charge is 0.266 e. The van der Waals surface area contributed by atoms with E-state index in [1.807, 2.05) is 13.0 Å². The maximum atomic E-state index is 13.6. The molecule has 0 spiro atoms. The third-order valence-electron chi connectivity index (χ3n) is 5.77. The predicted octanol–water partition coefficient (Wildman–Crippen LogP) is 6.97. The third-order valence-corrected chi connectivity index (χ3v) is 8.32. The Bertz CT molecular complexity index is 1710. The summed E-state index contributed by atoms with van der Waals surface area (Å²) in [6, 6.07) is 21.3. The number of nitrogens with one attached hydrogen (secondary N) is 1. The molecule has 0 radical (unpaired) electrons. The minimum atomic E-state index is -3.97. The summed E-state index contributed by atoms with van der Waals surface area (Å²) in [5.74, 6) is -0.730. The van der Waals surface area contributed by atoms with Crippen molar-refractivity contribution in [1.29, 1.82) is 5.26 Å². The fourth-order valence-corrected chi connectivity index (χ4v) is 5.40. The number of halogens is 3. The molecule has 0 saturated carbocycles. The Kier molecular flexibility index (Phi) is 9.07. The van der Waals surface area contributed by atoms with E-state index in [9.17, 15) is 22.9 Å². The van der Waals surface area contributed by atoms with Crippen LogP contribution >= 0.6 is 23.2 Å². The normalized spacial score (nSPS) is 11.8. The lowest BCUT2D eigenvalue weighted by Gasteiger charge is -2.22. The minimum absolute atomic E-state index is 0.0253. The highest BCUT2D eigenvalue weighted by Gasteiger charge is 2.26. The van der Waals surface area contributed by atoms with Crippen LogP contribution in [0.2, 0.25) is 10.0 Å². The Morgan fingerprint density at radius 1 is 1.00 bits per heavy atom. The molecule has 11 heteroatoms. The molecule has 0 aliphatic carbocycles. The highest BCUT2D eigenvalue weighted by Crippen LogP contribution is 2.27. The van der Waals surface area contributed by atoms with Gasteiger partial charge >= 0.3 is 0 Å². The molecule has 0 fully saturated rings. The van der Waals surface area contributed by atoms with Crippen molar-refractivity contribution in [3.8, 4) is 6.07 Å². The number of hydrogen-bond donors (Lipinski definition) is 1. The average molecular weight is 598 g/mol. The zero-order valence-corrected chi connectivity index (χ0v) is 23.4. The van der Waals surface area contributed by atoms with Gasteiger partial charge in [0.1, 0.15) is 29.0 Å². The first-order valence-electron chi connectivity index (χ1n) is 11.8. The van der Waals surface area contributed by atoms with Crippen molar-refractivity contribution in [3.63, 3.8) is 0 Å². The van der Waals surface area contributed by atoms with Crippen molar-refractivity contribution in [1.82, 2.24) is 4.31 Å². The standard InChI is InChI=1S/C29H22Cl2FN3O4S/c1-19-2-11-26(12-3-19)40(37,38)35(17-20-4-13-27(30)28(31)14-20)18-25-10-9-24(39-25)15-21(16-33)29(36)34-23-7-5-22(32)6-8-23/h2-15H,17-18H2,1H3,(H,34,36)/b21-15-. The second kappa shape index (κ2) is 12.5. The van der Waals surface area contributed by atoms with Gasteiger partial charge in [-0.25, -0.2) is 12.8 Å². The molecule has 0 saturated heterocycles. The van der Waals surface area contributed by atoms with Crippen LogP contribution in [0.25, 0.3) is 6.08 Å². The third kappa shape index (κ3) is 7.17. The van der Waals surface area contributed by atoms with Crippen molar-refractivity contribution < 1.29 is 22.0 Å². The second-order valence-electron chi connectivity index (χ2n) is 8.77. The summed E-state index contributed by atoms with van der Waals surface area (Å²) in [6.07, 6.45) is 1.24. The zero-order valence-electron chi connectivity index (χ0n) is 21.1. The molecule has 4 rings (SSSR count). The van der Waals surface area contributed by atoms with Gasteiger partial charge < -0.3 is 9.73 Å². The van der Waals surface area contributed by atoms with E-state index in [0.717, 1.165) is 5.56 Å². The minimum Gasteiger partial charge on any atom is -0.460 e. The summed E-state index contributed by atoms with van der Waals surface area (Å²) in [5.41, 5.74) is 1.58. The van der Waals surface area contributed by atoms with Gasteiger partial charge in [0, 0.05) is 18.3 Å². The largest absolute Gasteiger partial charge is 0.460 e. The van der Waals surface area contributed by atoms with Crippen LogP contribution in [0.5, 0.6) is 0 Å². The number of aryl methyl sites for hydroxylation is 1. The molecular weight excluding hydrogens is 576 g/mol. The Morgan fingerprint density at radius 2 is 1.70 bits per heavy atom. The van der Waals surface area contributed by atoms with Crippen LogP contribution in [0.15, 0.2) is 93.7 Å². The Hall–Kier alpha value is -3.94. The molecular formula is C29H22Cl2FN3O4S. The second-order valence-corrected chi connectivity index (χ2v) is 11.5. The van der Waals surface area contributed by atoms with Crippen molar-refractivity contribution >= 4 is 50.9 Å². The summed E-state index contributed by atoms with van der Waals surface area (Å²) in [5, 5.41) is 12.7. The molecule has 1 aromatic heterocycles. The number of carbonyl (C=O) groups is 1. The summed E-state index contributed by atoms with van der Waals surface area (Å²) < 4.78 is 47.4. The summed E-state index contributed by atoms with van der Waals surface area (Å²) >= 11 is 12.2. The van der Waals surface area contributed by atoms with Gasteiger partial charge in [-0.05, 0) is 73.2 Å². The topological polar surface area (TPSA) is 103 Å². The molecule has 1 amide bonds. The fraction of sp³-hybridized carbons (Fsp3) is 0.103. The first-order valence-corrected chi connectivity index (χ1v) is 14.0. The van der Waals surface area contributed by atoms with Crippen LogP contribution in [-0.4, -0.2) is 18.6 Å². The zero-order chi connectivity index (χ0) is 28.9. The molecule has 204 valence electrons. The van der Waals surface area contributed by atoms with Gasteiger partial charge in [-0.2, -0.15) is 9.57 Å². The number of anilines is 1. The predicted molar refractivity (Wildman–Crippen MR) is 151 cm³/mol. The number of furan rings is 1. The summed E-state index contributed by atoms with van der Waals surface area (Å²) in [4.78, 5) is 12.6. The van der Waals surface area contributed by atoms with E-state index in [1.54, 1.807) is 36.4 Å². The van der Waals surface area contributed by atoms with Gasteiger partial charge in [0.25, 0.3) is 5.91 Å². The quantitative estimate of drug-likeness (QED) is 0.166. The van der Waals surface area contributed by atoms with Crippen LogP contribution < -0.4 is 5.32 Å². The molecule has 1 N–H and O–H groups in total. The Labute approximate surface area is 241 Å². The van der Waals surface area contributed by atoms with Gasteiger partial charge in [0.2, 0.25) is 10.0 Å². The van der Waals surface area contributed by atoms with E-state index in [2.05, 4.69) is 5.32 Å². The molecule has 0 atom stereocenters. The number of benzene rings is 3. The van der Waals surface area contributed by atoms with Crippen molar-refractivity contribution in [3.05, 3.63) is 123 Å². The monoisotopic (exact) mass is 597 g/mol. The van der Waals surface area contributed by atoms with Crippen LogP contribution in [0, 0.1) is 24.1 Å². The molecule has 0 bridgehead atoms. The van der Waals surface area contributed by atoms with E-state index in [-0.39, 0.29) is 35.1 Å². The number of rotatable bonds is 9. The van der Waals surface area contributed by atoms with Gasteiger partial charge in [-0.1, -0.05) is 47.0 Å². The molecule has 4 aromatic rings. The van der Waals surface area contributed by atoms with Gasteiger partial charge in [-0.15, -0.1) is 0 Å². The Balaban J connectivity index is 1.59. The first-order chi connectivity index (χ1) is 19.0. The van der Waals surface area contributed by atoms with Crippen molar-refractivity contribution in [2.75, 3.05) is 5.32 Å². The number of nitrogens with zero attached hydrogens (tertiary/aromatic N) is 2. The average Bonchev–Trinajstić information content (AvgIpc) is 3.37.